The fraction of sp³-hybridized carbons (Fsp3) is 0.727. The Morgan fingerprint density at radius 2 is 1.94 bits per heavy atom. The van der Waals surface area contributed by atoms with E-state index in [0.29, 0.717) is 36.7 Å². The lowest BCUT2D eigenvalue weighted by Crippen LogP contribution is -2.36. The fourth-order valence-electron chi connectivity index (χ4n) is 1.88. The Labute approximate surface area is 105 Å². The summed E-state index contributed by atoms with van der Waals surface area (Å²) in [4.78, 5) is 1.25. The summed E-state index contributed by atoms with van der Waals surface area (Å²) >= 11 is 0. The minimum absolute atomic E-state index is 0.300. The largest absolute Gasteiger partial charge is 0.405 e. The van der Waals surface area contributed by atoms with Gasteiger partial charge in [0, 0.05) is 13.1 Å². The number of halogens is 3. The summed E-state index contributed by atoms with van der Waals surface area (Å²) in [6, 6.07) is 0. The van der Waals surface area contributed by atoms with Crippen LogP contribution >= 0.6 is 0 Å². The molecule has 0 aliphatic carbocycles. The molecule has 1 rings (SSSR count). The van der Waals surface area contributed by atoms with Gasteiger partial charge in [-0.05, 0) is 20.3 Å². The van der Waals surface area contributed by atoms with Crippen molar-refractivity contribution < 1.29 is 13.2 Å². The standard InChI is InChI=1S/C11H19F3N4/c1-4-6-17(7-11(12,13)14)10-9(15)8(3)16-18(10)5-2/h4-7,15H2,1-3H3. The van der Waals surface area contributed by atoms with Crippen LogP contribution < -0.4 is 10.6 Å². The predicted octanol–water partition coefficient (Wildman–Crippen LogP) is 2.57. The summed E-state index contributed by atoms with van der Waals surface area (Å²) in [6.07, 6.45) is -3.64. The quantitative estimate of drug-likeness (QED) is 0.889. The molecule has 0 saturated heterocycles. The van der Waals surface area contributed by atoms with E-state index in [1.54, 1.807) is 6.92 Å². The van der Waals surface area contributed by atoms with Crippen molar-refractivity contribution in [2.45, 2.75) is 39.9 Å². The lowest BCUT2D eigenvalue weighted by atomic mass is 10.3. The van der Waals surface area contributed by atoms with E-state index in [9.17, 15) is 13.2 Å². The molecule has 0 aliphatic heterocycles. The van der Waals surface area contributed by atoms with Crippen LogP contribution in [0.2, 0.25) is 0 Å². The van der Waals surface area contributed by atoms with Gasteiger partial charge in [0.15, 0.2) is 5.82 Å². The number of anilines is 2. The second-order valence-corrected chi connectivity index (χ2v) is 4.18. The Balaban J connectivity index is 3.12. The highest BCUT2D eigenvalue weighted by Crippen LogP contribution is 2.29. The molecule has 0 radical (unpaired) electrons. The minimum Gasteiger partial charge on any atom is -0.394 e. The monoisotopic (exact) mass is 264 g/mol. The van der Waals surface area contributed by atoms with Gasteiger partial charge in [0.05, 0.1) is 11.4 Å². The zero-order valence-electron chi connectivity index (χ0n) is 10.9. The number of nitrogens with two attached hydrogens (primary N) is 1. The normalized spacial score (nSPS) is 11.9. The van der Waals surface area contributed by atoms with Crippen molar-refractivity contribution in [2.24, 2.45) is 0 Å². The molecule has 0 fully saturated rings. The van der Waals surface area contributed by atoms with Crippen LogP contribution in [-0.4, -0.2) is 29.0 Å². The molecular formula is C11H19F3N4. The van der Waals surface area contributed by atoms with E-state index in [4.69, 9.17) is 5.73 Å². The molecule has 0 amide bonds. The number of rotatable bonds is 5. The van der Waals surface area contributed by atoms with E-state index >= 15 is 0 Å². The predicted molar refractivity (Wildman–Crippen MR) is 65.6 cm³/mol. The van der Waals surface area contributed by atoms with Crippen LogP contribution in [0.5, 0.6) is 0 Å². The van der Waals surface area contributed by atoms with Gasteiger partial charge in [0.2, 0.25) is 0 Å². The molecule has 18 heavy (non-hydrogen) atoms. The molecule has 0 atom stereocenters. The molecule has 0 bridgehead atoms. The molecule has 0 spiro atoms. The zero-order valence-corrected chi connectivity index (χ0v) is 10.9. The summed E-state index contributed by atoms with van der Waals surface area (Å²) in [5.41, 5.74) is 6.73. The lowest BCUT2D eigenvalue weighted by molar-refractivity contribution is -0.119. The van der Waals surface area contributed by atoms with Gasteiger partial charge in [0.25, 0.3) is 0 Å². The van der Waals surface area contributed by atoms with E-state index in [-0.39, 0.29) is 0 Å². The van der Waals surface area contributed by atoms with Gasteiger partial charge in [-0.3, -0.25) is 0 Å². The summed E-state index contributed by atoms with van der Waals surface area (Å²) < 4.78 is 39.3. The molecule has 0 aromatic carbocycles. The van der Waals surface area contributed by atoms with Crippen LogP contribution in [0.3, 0.4) is 0 Å². The first-order chi connectivity index (χ1) is 8.30. The highest BCUT2D eigenvalue weighted by molar-refractivity contribution is 5.66. The summed E-state index contributed by atoms with van der Waals surface area (Å²) in [6.45, 7) is 5.14. The van der Waals surface area contributed by atoms with Crippen LogP contribution in [0, 0.1) is 6.92 Å². The Kier molecular flexibility index (Phi) is 4.48. The number of alkyl halides is 3. The molecule has 2 N–H and O–H groups in total. The number of nitrogens with zero attached hydrogens (tertiary/aromatic N) is 3. The SMILES string of the molecule is CCCN(CC(F)(F)F)c1c(N)c(C)nn1CC. The third-order valence-electron chi connectivity index (χ3n) is 2.61. The second kappa shape index (κ2) is 5.49. The first kappa shape index (κ1) is 14.7. The van der Waals surface area contributed by atoms with Crippen LogP contribution in [0.15, 0.2) is 0 Å². The maximum Gasteiger partial charge on any atom is 0.405 e. The molecular weight excluding hydrogens is 245 g/mol. The van der Waals surface area contributed by atoms with E-state index in [0.717, 1.165) is 0 Å². The van der Waals surface area contributed by atoms with Gasteiger partial charge in [-0.2, -0.15) is 18.3 Å². The summed E-state index contributed by atoms with van der Waals surface area (Å²) in [7, 11) is 0. The van der Waals surface area contributed by atoms with Gasteiger partial charge < -0.3 is 10.6 Å². The molecule has 0 saturated carbocycles. The lowest BCUT2D eigenvalue weighted by Gasteiger charge is -2.26. The highest BCUT2D eigenvalue weighted by atomic mass is 19.4. The Morgan fingerprint density at radius 1 is 1.33 bits per heavy atom. The van der Waals surface area contributed by atoms with Crippen LogP contribution in [-0.2, 0) is 6.54 Å². The summed E-state index contributed by atoms with van der Waals surface area (Å²) in [5, 5.41) is 4.14. The number of aromatic nitrogens is 2. The van der Waals surface area contributed by atoms with Crippen LogP contribution in [0.1, 0.15) is 26.0 Å². The van der Waals surface area contributed by atoms with Crippen molar-refractivity contribution >= 4 is 11.5 Å². The molecule has 4 nitrogen and oxygen atoms in total. The number of aryl methyl sites for hydroxylation is 2. The number of hydrogen-bond acceptors (Lipinski definition) is 3. The number of nitrogen functional groups attached to an aromatic ring is 1. The average molecular weight is 264 g/mol. The van der Waals surface area contributed by atoms with Gasteiger partial charge in [-0.1, -0.05) is 6.92 Å². The molecule has 1 aromatic rings. The zero-order chi connectivity index (χ0) is 13.9. The minimum atomic E-state index is -4.25. The van der Waals surface area contributed by atoms with Crippen molar-refractivity contribution in [3.05, 3.63) is 5.69 Å². The topological polar surface area (TPSA) is 47.1 Å². The molecule has 1 aromatic heterocycles. The van der Waals surface area contributed by atoms with Gasteiger partial charge in [-0.25, -0.2) is 4.68 Å². The van der Waals surface area contributed by atoms with Crippen molar-refractivity contribution in [3.8, 4) is 0 Å². The van der Waals surface area contributed by atoms with E-state index < -0.39 is 12.7 Å². The van der Waals surface area contributed by atoms with Crippen LogP contribution in [0.25, 0.3) is 0 Å². The molecule has 104 valence electrons. The Morgan fingerprint density at radius 3 is 2.39 bits per heavy atom. The molecule has 7 heteroatoms. The molecule has 0 unspecified atom stereocenters. The fourth-order valence-corrected chi connectivity index (χ4v) is 1.88. The van der Waals surface area contributed by atoms with E-state index in [2.05, 4.69) is 5.10 Å². The van der Waals surface area contributed by atoms with Gasteiger partial charge in [-0.15, -0.1) is 0 Å². The van der Waals surface area contributed by atoms with Crippen molar-refractivity contribution in [2.75, 3.05) is 23.7 Å². The Bertz CT molecular complexity index is 398. The summed E-state index contributed by atoms with van der Waals surface area (Å²) in [5.74, 6) is 0.370. The molecule has 0 aliphatic rings. The Hall–Kier alpha value is -1.40. The van der Waals surface area contributed by atoms with E-state index in [1.807, 2.05) is 13.8 Å². The van der Waals surface area contributed by atoms with Crippen molar-refractivity contribution in [1.82, 2.24) is 9.78 Å². The smallest absolute Gasteiger partial charge is 0.394 e. The van der Waals surface area contributed by atoms with Crippen molar-refractivity contribution in [3.63, 3.8) is 0 Å². The number of hydrogen-bond donors (Lipinski definition) is 1. The highest BCUT2D eigenvalue weighted by Gasteiger charge is 2.32. The average Bonchev–Trinajstić information content (AvgIpc) is 2.52. The van der Waals surface area contributed by atoms with Crippen molar-refractivity contribution in [1.29, 1.82) is 0 Å². The third-order valence-corrected chi connectivity index (χ3v) is 2.61. The van der Waals surface area contributed by atoms with Crippen LogP contribution in [0.4, 0.5) is 24.7 Å². The molecule has 1 heterocycles. The third kappa shape index (κ3) is 3.30. The first-order valence-electron chi connectivity index (χ1n) is 5.94. The maximum absolute atomic E-state index is 12.6. The first-order valence-corrected chi connectivity index (χ1v) is 5.94. The second-order valence-electron chi connectivity index (χ2n) is 4.18. The van der Waals surface area contributed by atoms with Gasteiger partial charge in [0.1, 0.15) is 6.54 Å². The maximum atomic E-state index is 12.6. The van der Waals surface area contributed by atoms with Gasteiger partial charge >= 0.3 is 6.18 Å². The van der Waals surface area contributed by atoms with E-state index in [1.165, 1.54) is 9.58 Å².